The minimum absolute atomic E-state index is 0.858. The van der Waals surface area contributed by atoms with E-state index in [-0.39, 0.29) is 0 Å². The Labute approximate surface area is 98.1 Å². The van der Waals surface area contributed by atoms with Gasteiger partial charge in [0.2, 0.25) is 0 Å². The smallest absolute Gasteiger partial charge is 0.0415 e. The second-order valence-electron chi connectivity index (χ2n) is 3.55. The Kier molecular flexibility index (Phi) is 3.11. The zero-order valence-electron chi connectivity index (χ0n) is 8.57. The predicted octanol–water partition coefficient (Wildman–Crippen LogP) is 3.40. The normalized spacial score (nSPS) is 10.3. The van der Waals surface area contributed by atoms with Crippen LogP contribution in [-0.4, -0.2) is 4.57 Å². The Balaban J connectivity index is 1.99. The molecule has 0 radical (unpaired) electrons. The van der Waals surface area contributed by atoms with Gasteiger partial charge in [-0.3, -0.25) is 0 Å². The Hall–Kier alpha value is -1.22. The average Bonchev–Trinajstić information content (AvgIpc) is 2.62. The molecule has 1 N–H and O–H groups in total. The first-order valence-electron chi connectivity index (χ1n) is 4.84. The van der Waals surface area contributed by atoms with Gasteiger partial charge < -0.3 is 9.88 Å². The summed E-state index contributed by atoms with van der Waals surface area (Å²) >= 11 is 3.45. The van der Waals surface area contributed by atoms with Crippen molar-refractivity contribution in [3.63, 3.8) is 0 Å². The lowest BCUT2D eigenvalue weighted by Crippen LogP contribution is -1.97. The molecule has 2 nitrogen and oxygen atoms in total. The van der Waals surface area contributed by atoms with Gasteiger partial charge in [0.25, 0.3) is 0 Å². The van der Waals surface area contributed by atoms with Crippen LogP contribution in [0.2, 0.25) is 0 Å². The number of benzene rings is 1. The summed E-state index contributed by atoms with van der Waals surface area (Å²) in [4.78, 5) is 0. The van der Waals surface area contributed by atoms with Crippen molar-refractivity contribution in [1.29, 1.82) is 0 Å². The highest BCUT2D eigenvalue weighted by Gasteiger charge is 1.95. The van der Waals surface area contributed by atoms with Crippen LogP contribution in [-0.2, 0) is 13.6 Å². The second-order valence-corrected chi connectivity index (χ2v) is 4.46. The van der Waals surface area contributed by atoms with Gasteiger partial charge in [-0.15, -0.1) is 0 Å². The molecule has 1 aromatic heterocycles. The molecule has 0 spiro atoms. The first-order chi connectivity index (χ1) is 7.24. The molecule has 2 rings (SSSR count). The highest BCUT2D eigenvalue weighted by atomic mass is 79.9. The molecule has 0 unspecified atom stereocenters. The lowest BCUT2D eigenvalue weighted by atomic mass is 10.3. The van der Waals surface area contributed by atoms with E-state index in [1.807, 2.05) is 19.2 Å². The summed E-state index contributed by atoms with van der Waals surface area (Å²) in [6.45, 7) is 0.858. The van der Waals surface area contributed by atoms with Gasteiger partial charge in [0.05, 0.1) is 0 Å². The molecule has 0 saturated heterocycles. The number of nitrogens with zero attached hydrogens (tertiary/aromatic N) is 1. The van der Waals surface area contributed by atoms with Crippen molar-refractivity contribution >= 4 is 21.6 Å². The average molecular weight is 265 g/mol. The lowest BCUT2D eigenvalue weighted by Gasteiger charge is -2.04. The zero-order valence-corrected chi connectivity index (χ0v) is 10.2. The largest absolute Gasteiger partial charge is 0.381 e. The van der Waals surface area contributed by atoms with Crippen LogP contribution in [0.4, 0.5) is 5.69 Å². The summed E-state index contributed by atoms with van der Waals surface area (Å²) in [5.74, 6) is 0. The zero-order chi connectivity index (χ0) is 10.7. The molecule has 15 heavy (non-hydrogen) atoms. The first kappa shape index (κ1) is 10.3. The van der Waals surface area contributed by atoms with Crippen molar-refractivity contribution in [3.8, 4) is 0 Å². The minimum Gasteiger partial charge on any atom is -0.381 e. The molecule has 0 bridgehead atoms. The lowest BCUT2D eigenvalue weighted by molar-refractivity contribution is 0.920. The molecule has 2 aromatic rings. The molecule has 0 saturated carbocycles. The molecule has 1 heterocycles. The maximum atomic E-state index is 3.45. The summed E-state index contributed by atoms with van der Waals surface area (Å²) in [6.07, 6.45) is 4.17. The van der Waals surface area contributed by atoms with E-state index in [4.69, 9.17) is 0 Å². The highest BCUT2D eigenvalue weighted by molar-refractivity contribution is 9.10. The van der Waals surface area contributed by atoms with Crippen LogP contribution in [0.3, 0.4) is 0 Å². The van der Waals surface area contributed by atoms with Crippen LogP contribution < -0.4 is 5.32 Å². The van der Waals surface area contributed by atoms with Gasteiger partial charge in [-0.2, -0.15) is 0 Å². The molecule has 1 aromatic carbocycles. The van der Waals surface area contributed by atoms with E-state index in [2.05, 4.69) is 56.4 Å². The summed E-state index contributed by atoms with van der Waals surface area (Å²) in [7, 11) is 2.03. The number of rotatable bonds is 3. The van der Waals surface area contributed by atoms with Crippen LogP contribution in [0, 0.1) is 0 Å². The number of anilines is 1. The van der Waals surface area contributed by atoms with Gasteiger partial charge in [-0.05, 0) is 29.8 Å². The van der Waals surface area contributed by atoms with Crippen molar-refractivity contribution < 1.29 is 0 Å². The molecule has 0 aliphatic carbocycles. The second kappa shape index (κ2) is 4.53. The Morgan fingerprint density at radius 3 is 2.87 bits per heavy atom. The van der Waals surface area contributed by atoms with Crippen LogP contribution in [0.5, 0.6) is 0 Å². The van der Waals surface area contributed by atoms with Crippen molar-refractivity contribution in [3.05, 3.63) is 52.8 Å². The fraction of sp³-hybridized carbons (Fsp3) is 0.167. The quantitative estimate of drug-likeness (QED) is 0.900. The van der Waals surface area contributed by atoms with Crippen molar-refractivity contribution in [2.75, 3.05) is 5.32 Å². The van der Waals surface area contributed by atoms with Gasteiger partial charge in [0.1, 0.15) is 0 Å². The van der Waals surface area contributed by atoms with Crippen LogP contribution in [0.15, 0.2) is 47.2 Å². The molecule has 0 aliphatic rings. The van der Waals surface area contributed by atoms with Gasteiger partial charge in [-0.25, -0.2) is 0 Å². The third-order valence-electron chi connectivity index (χ3n) is 2.21. The minimum atomic E-state index is 0.858. The van der Waals surface area contributed by atoms with E-state index in [0.29, 0.717) is 0 Å². The maximum Gasteiger partial charge on any atom is 0.0415 e. The van der Waals surface area contributed by atoms with Crippen molar-refractivity contribution in [2.24, 2.45) is 7.05 Å². The standard InChI is InChI=1S/C12H13BrN2/c1-15-6-5-10(9-15)8-14-12-4-2-3-11(13)7-12/h2-7,9,14H,8H2,1H3. The van der Waals surface area contributed by atoms with Gasteiger partial charge in [-0.1, -0.05) is 22.0 Å². The van der Waals surface area contributed by atoms with Crippen LogP contribution in [0.1, 0.15) is 5.56 Å². The summed E-state index contributed by atoms with van der Waals surface area (Å²) in [5.41, 5.74) is 2.42. The fourth-order valence-electron chi connectivity index (χ4n) is 1.47. The third-order valence-corrected chi connectivity index (χ3v) is 2.71. The van der Waals surface area contributed by atoms with E-state index in [1.54, 1.807) is 0 Å². The topological polar surface area (TPSA) is 17.0 Å². The van der Waals surface area contributed by atoms with E-state index in [1.165, 1.54) is 5.56 Å². The monoisotopic (exact) mass is 264 g/mol. The molecule has 0 aliphatic heterocycles. The summed E-state index contributed by atoms with van der Waals surface area (Å²) in [6, 6.07) is 10.3. The molecule has 0 amide bonds. The van der Waals surface area contributed by atoms with Crippen LogP contribution in [0.25, 0.3) is 0 Å². The number of aryl methyl sites for hydroxylation is 1. The maximum absolute atomic E-state index is 3.45. The first-order valence-corrected chi connectivity index (χ1v) is 5.63. The fourth-order valence-corrected chi connectivity index (χ4v) is 1.87. The van der Waals surface area contributed by atoms with Gasteiger partial charge in [0, 0.05) is 36.1 Å². The van der Waals surface area contributed by atoms with E-state index < -0.39 is 0 Å². The molecule has 0 atom stereocenters. The Morgan fingerprint density at radius 1 is 1.33 bits per heavy atom. The van der Waals surface area contributed by atoms with Gasteiger partial charge in [0.15, 0.2) is 0 Å². The Bertz CT molecular complexity index is 448. The van der Waals surface area contributed by atoms with E-state index >= 15 is 0 Å². The number of aromatic nitrogens is 1. The third kappa shape index (κ3) is 2.86. The molecule has 78 valence electrons. The number of hydrogen-bond acceptors (Lipinski definition) is 1. The van der Waals surface area contributed by atoms with Crippen LogP contribution >= 0.6 is 15.9 Å². The summed E-state index contributed by atoms with van der Waals surface area (Å²) in [5, 5.41) is 3.37. The van der Waals surface area contributed by atoms with Crippen molar-refractivity contribution in [1.82, 2.24) is 4.57 Å². The van der Waals surface area contributed by atoms with Gasteiger partial charge >= 0.3 is 0 Å². The summed E-state index contributed by atoms with van der Waals surface area (Å²) < 4.78 is 3.15. The predicted molar refractivity (Wildman–Crippen MR) is 66.9 cm³/mol. The number of halogens is 1. The molecular formula is C12H13BrN2. The van der Waals surface area contributed by atoms with E-state index in [0.717, 1.165) is 16.7 Å². The molecule has 3 heteroatoms. The number of hydrogen-bond donors (Lipinski definition) is 1. The van der Waals surface area contributed by atoms with E-state index in [9.17, 15) is 0 Å². The SMILES string of the molecule is Cn1ccc(CNc2cccc(Br)c2)c1. The Morgan fingerprint density at radius 2 is 2.20 bits per heavy atom. The molecular weight excluding hydrogens is 252 g/mol. The highest BCUT2D eigenvalue weighted by Crippen LogP contribution is 2.16. The molecule has 0 fully saturated rings. The number of nitrogens with one attached hydrogen (secondary N) is 1. The van der Waals surface area contributed by atoms with Crippen molar-refractivity contribution in [2.45, 2.75) is 6.54 Å².